The number of nitrogens with one attached hydrogen (secondary N) is 2. The van der Waals surface area contributed by atoms with Crippen LogP contribution in [0.4, 0.5) is 0 Å². The Hall–Kier alpha value is -1.53. The van der Waals surface area contributed by atoms with E-state index in [-0.39, 0.29) is 11.7 Å². The Morgan fingerprint density at radius 1 is 1.43 bits per heavy atom. The highest BCUT2D eigenvalue weighted by Crippen LogP contribution is 2.25. The summed E-state index contributed by atoms with van der Waals surface area (Å²) in [5, 5.41) is 10.7. The minimum atomic E-state index is -0.177. The minimum Gasteiger partial charge on any atom is -0.309 e. The maximum absolute atomic E-state index is 11.4. The van der Waals surface area contributed by atoms with Gasteiger partial charge < -0.3 is 5.32 Å². The highest BCUT2D eigenvalue weighted by molar-refractivity contribution is 7.99. The molecule has 0 spiro atoms. The van der Waals surface area contributed by atoms with Gasteiger partial charge in [0.2, 0.25) is 0 Å². The molecule has 0 aliphatic carbocycles. The van der Waals surface area contributed by atoms with E-state index in [0.717, 1.165) is 12.3 Å². The van der Waals surface area contributed by atoms with Gasteiger partial charge in [0.05, 0.1) is 0 Å². The molecule has 21 heavy (non-hydrogen) atoms. The van der Waals surface area contributed by atoms with Gasteiger partial charge in [0.15, 0.2) is 5.16 Å². The number of thioether (sulfide) groups is 1. The Bertz CT molecular complexity index is 662. The van der Waals surface area contributed by atoms with Crippen molar-refractivity contribution in [3.8, 4) is 0 Å². The molecule has 0 saturated carbocycles. The highest BCUT2D eigenvalue weighted by Gasteiger charge is 2.15. The smallest absolute Gasteiger partial charge is 0.309 e. The molecule has 114 valence electrons. The van der Waals surface area contributed by atoms with Gasteiger partial charge in [0.1, 0.15) is 0 Å². The van der Waals surface area contributed by atoms with E-state index in [4.69, 9.17) is 0 Å². The Morgan fingerprint density at radius 2 is 2.19 bits per heavy atom. The molecular formula is C15H22N4OS. The van der Waals surface area contributed by atoms with E-state index in [0.29, 0.717) is 5.16 Å². The van der Waals surface area contributed by atoms with Gasteiger partial charge in [-0.25, -0.2) is 9.89 Å². The van der Waals surface area contributed by atoms with E-state index >= 15 is 0 Å². The molecule has 1 unspecified atom stereocenters. The summed E-state index contributed by atoms with van der Waals surface area (Å²) in [6.45, 7) is 7.25. The number of benzene rings is 1. The lowest BCUT2D eigenvalue weighted by Gasteiger charge is -2.20. The zero-order valence-electron chi connectivity index (χ0n) is 12.9. The van der Waals surface area contributed by atoms with Crippen LogP contribution in [0.2, 0.25) is 0 Å². The number of aromatic nitrogens is 3. The van der Waals surface area contributed by atoms with E-state index in [2.05, 4.69) is 54.5 Å². The predicted molar refractivity (Wildman–Crippen MR) is 86.9 cm³/mol. The summed E-state index contributed by atoms with van der Waals surface area (Å²) < 4.78 is 1.54. The fourth-order valence-electron chi connectivity index (χ4n) is 2.26. The molecule has 2 N–H and O–H groups in total. The monoisotopic (exact) mass is 306 g/mol. The molecule has 2 rings (SSSR count). The molecule has 0 aliphatic heterocycles. The Morgan fingerprint density at radius 3 is 2.81 bits per heavy atom. The first kappa shape index (κ1) is 15.9. The van der Waals surface area contributed by atoms with Crippen LogP contribution < -0.4 is 11.0 Å². The normalized spacial score (nSPS) is 12.6. The third-order valence-electron chi connectivity index (χ3n) is 3.48. The first-order valence-corrected chi connectivity index (χ1v) is 8.06. The molecule has 1 aromatic carbocycles. The quantitative estimate of drug-likeness (QED) is 0.803. The lowest BCUT2D eigenvalue weighted by atomic mass is 10.00. The van der Waals surface area contributed by atoms with Crippen LogP contribution in [0.3, 0.4) is 0 Å². The van der Waals surface area contributed by atoms with Crippen molar-refractivity contribution in [1.29, 1.82) is 0 Å². The molecule has 1 heterocycles. The fraction of sp³-hybridized carbons (Fsp3) is 0.467. The Labute approximate surface area is 129 Å². The van der Waals surface area contributed by atoms with Crippen LogP contribution in [0.5, 0.6) is 0 Å². The molecule has 0 saturated heterocycles. The molecule has 5 nitrogen and oxygen atoms in total. The summed E-state index contributed by atoms with van der Waals surface area (Å²) in [6.07, 6.45) is 0. The van der Waals surface area contributed by atoms with Crippen molar-refractivity contribution in [3.63, 3.8) is 0 Å². The number of rotatable bonds is 6. The second kappa shape index (κ2) is 6.95. The SMILES string of the molecule is CCNC(CSc1n[nH]c(=O)n1C)c1cc(C)ccc1C. The van der Waals surface area contributed by atoms with Crippen molar-refractivity contribution in [2.75, 3.05) is 12.3 Å². The second-order valence-corrected chi connectivity index (χ2v) is 6.14. The van der Waals surface area contributed by atoms with Crippen molar-refractivity contribution in [2.45, 2.75) is 32.0 Å². The molecule has 0 radical (unpaired) electrons. The van der Waals surface area contributed by atoms with Gasteiger partial charge in [-0.05, 0) is 31.5 Å². The van der Waals surface area contributed by atoms with Crippen molar-refractivity contribution >= 4 is 11.8 Å². The third-order valence-corrected chi connectivity index (χ3v) is 4.60. The van der Waals surface area contributed by atoms with E-state index in [1.54, 1.807) is 18.8 Å². The molecule has 2 aromatic rings. The van der Waals surface area contributed by atoms with Gasteiger partial charge in [0.25, 0.3) is 0 Å². The van der Waals surface area contributed by atoms with Gasteiger partial charge >= 0.3 is 5.69 Å². The molecule has 6 heteroatoms. The average molecular weight is 306 g/mol. The number of aryl methyl sites for hydroxylation is 2. The number of nitrogens with zero attached hydrogens (tertiary/aromatic N) is 2. The van der Waals surface area contributed by atoms with Crippen LogP contribution in [-0.2, 0) is 7.05 Å². The minimum absolute atomic E-state index is 0.177. The summed E-state index contributed by atoms with van der Waals surface area (Å²) >= 11 is 1.58. The summed E-state index contributed by atoms with van der Waals surface area (Å²) in [4.78, 5) is 11.4. The molecule has 1 aromatic heterocycles. The van der Waals surface area contributed by atoms with Gasteiger partial charge in [0, 0.05) is 18.8 Å². The van der Waals surface area contributed by atoms with Crippen LogP contribution in [0.1, 0.15) is 29.7 Å². The molecule has 0 fully saturated rings. The number of aromatic amines is 1. The fourth-order valence-corrected chi connectivity index (χ4v) is 3.26. The topological polar surface area (TPSA) is 62.7 Å². The van der Waals surface area contributed by atoms with Crippen LogP contribution in [-0.4, -0.2) is 27.1 Å². The van der Waals surface area contributed by atoms with Gasteiger partial charge in [-0.2, -0.15) is 0 Å². The van der Waals surface area contributed by atoms with E-state index in [1.165, 1.54) is 21.3 Å². The molecule has 0 bridgehead atoms. The van der Waals surface area contributed by atoms with Gasteiger partial charge in [-0.15, -0.1) is 5.10 Å². The highest BCUT2D eigenvalue weighted by atomic mass is 32.2. The van der Waals surface area contributed by atoms with Crippen molar-refractivity contribution in [2.24, 2.45) is 7.05 Å². The van der Waals surface area contributed by atoms with E-state index < -0.39 is 0 Å². The Kier molecular flexibility index (Phi) is 5.25. The standard InChI is InChI=1S/C15H22N4OS/c1-5-16-13(12-8-10(2)6-7-11(12)3)9-21-15-18-17-14(20)19(15)4/h6-8,13,16H,5,9H2,1-4H3,(H,17,20). The summed E-state index contributed by atoms with van der Waals surface area (Å²) in [7, 11) is 1.73. The zero-order valence-corrected chi connectivity index (χ0v) is 13.8. The maximum atomic E-state index is 11.4. The maximum Gasteiger partial charge on any atom is 0.343 e. The summed E-state index contributed by atoms with van der Waals surface area (Å²) in [5.41, 5.74) is 3.67. The van der Waals surface area contributed by atoms with Crippen molar-refractivity contribution in [1.82, 2.24) is 20.1 Å². The lowest BCUT2D eigenvalue weighted by Crippen LogP contribution is -2.24. The average Bonchev–Trinajstić information content (AvgIpc) is 2.78. The van der Waals surface area contributed by atoms with Crippen molar-refractivity contribution < 1.29 is 0 Å². The van der Waals surface area contributed by atoms with E-state index in [9.17, 15) is 4.79 Å². The van der Waals surface area contributed by atoms with Crippen LogP contribution in [0.25, 0.3) is 0 Å². The van der Waals surface area contributed by atoms with Crippen molar-refractivity contribution in [3.05, 3.63) is 45.4 Å². The third kappa shape index (κ3) is 3.77. The Balaban J connectivity index is 2.17. The van der Waals surface area contributed by atoms with Crippen LogP contribution in [0.15, 0.2) is 28.2 Å². The number of hydrogen-bond donors (Lipinski definition) is 2. The first-order valence-electron chi connectivity index (χ1n) is 7.07. The van der Waals surface area contributed by atoms with Crippen LogP contribution >= 0.6 is 11.8 Å². The summed E-state index contributed by atoms with van der Waals surface area (Å²) in [5.74, 6) is 0.830. The molecule has 0 aliphatic rings. The van der Waals surface area contributed by atoms with E-state index in [1.807, 2.05) is 0 Å². The molecule has 0 amide bonds. The summed E-state index contributed by atoms with van der Waals surface area (Å²) in [6, 6.07) is 6.76. The lowest BCUT2D eigenvalue weighted by molar-refractivity contribution is 0.601. The number of hydrogen-bond acceptors (Lipinski definition) is 4. The predicted octanol–water partition coefficient (Wildman–Crippen LogP) is 2.17. The second-order valence-electron chi connectivity index (χ2n) is 5.15. The first-order chi connectivity index (χ1) is 10.0. The van der Waals surface area contributed by atoms with Gasteiger partial charge in [-0.3, -0.25) is 4.57 Å². The molecular weight excluding hydrogens is 284 g/mol. The van der Waals surface area contributed by atoms with Gasteiger partial charge in [-0.1, -0.05) is 42.4 Å². The van der Waals surface area contributed by atoms with Crippen LogP contribution in [0, 0.1) is 13.8 Å². The largest absolute Gasteiger partial charge is 0.343 e. The number of H-pyrrole nitrogens is 1. The molecule has 1 atom stereocenters. The zero-order chi connectivity index (χ0) is 15.4.